The number of halogens is 1. The van der Waals surface area contributed by atoms with Crippen molar-refractivity contribution in [2.24, 2.45) is 11.8 Å². The van der Waals surface area contributed by atoms with Crippen LogP contribution in [0.3, 0.4) is 0 Å². The average molecular weight is 352 g/mol. The fourth-order valence-corrected chi connectivity index (χ4v) is 4.25. The number of thiazole rings is 1. The number of nitrogens with zero attached hydrogens (tertiary/aromatic N) is 4. The van der Waals surface area contributed by atoms with E-state index < -0.39 is 0 Å². The van der Waals surface area contributed by atoms with E-state index in [0.717, 1.165) is 36.8 Å². The molecule has 0 aliphatic carbocycles. The lowest BCUT2D eigenvalue weighted by Gasteiger charge is -2.16. The average Bonchev–Trinajstić information content (AvgIpc) is 3.21. The number of aryl methyl sites for hydroxylation is 1. The van der Waals surface area contributed by atoms with Crippen molar-refractivity contribution < 1.29 is 4.79 Å². The predicted octanol–water partition coefficient (Wildman–Crippen LogP) is 1.62. The Morgan fingerprint density at radius 2 is 1.91 bits per heavy atom. The third-order valence-electron chi connectivity index (χ3n) is 4.42. The first-order valence-electron chi connectivity index (χ1n) is 7.47. The smallest absolute Gasteiger partial charge is 0.265 e. The van der Waals surface area contributed by atoms with E-state index in [1.54, 1.807) is 18.5 Å². The standard InChI is InChI=1S/C15H17N5OS.ClH/c1-9-12(22-14(19-9)13-17-3-2-4-18-13)15(21)20-7-10-5-16-6-11(10)8-20;/h2-4,10-11,16H,5-8H2,1H3;1H/t10-,11+;. The highest BCUT2D eigenvalue weighted by molar-refractivity contribution is 7.17. The molecule has 0 aromatic carbocycles. The number of carbonyl (C=O) groups is 1. The third kappa shape index (κ3) is 2.96. The Morgan fingerprint density at radius 1 is 1.26 bits per heavy atom. The maximum absolute atomic E-state index is 12.8. The Morgan fingerprint density at radius 3 is 2.57 bits per heavy atom. The maximum Gasteiger partial charge on any atom is 0.265 e. The third-order valence-corrected chi connectivity index (χ3v) is 5.57. The minimum atomic E-state index is 0. The van der Waals surface area contributed by atoms with Gasteiger partial charge in [-0.3, -0.25) is 4.79 Å². The number of fused-ring (bicyclic) bond motifs is 1. The number of hydrogen-bond acceptors (Lipinski definition) is 6. The fraction of sp³-hybridized carbons (Fsp3) is 0.467. The normalized spacial score (nSPS) is 22.7. The zero-order chi connectivity index (χ0) is 15.1. The first-order valence-corrected chi connectivity index (χ1v) is 8.29. The van der Waals surface area contributed by atoms with Crippen LogP contribution in [-0.2, 0) is 0 Å². The second kappa shape index (κ2) is 6.51. The van der Waals surface area contributed by atoms with Gasteiger partial charge in [-0.1, -0.05) is 0 Å². The molecule has 2 aromatic heterocycles. The van der Waals surface area contributed by atoms with Crippen molar-refractivity contribution in [3.8, 4) is 10.8 Å². The van der Waals surface area contributed by atoms with E-state index in [1.807, 2.05) is 11.8 Å². The van der Waals surface area contributed by atoms with E-state index in [2.05, 4.69) is 20.3 Å². The summed E-state index contributed by atoms with van der Waals surface area (Å²) < 4.78 is 0. The first kappa shape index (κ1) is 16.3. The molecule has 0 radical (unpaired) electrons. The topological polar surface area (TPSA) is 71.0 Å². The molecule has 0 saturated carbocycles. The number of likely N-dealkylation sites (tertiary alicyclic amines) is 1. The van der Waals surface area contributed by atoms with Crippen LogP contribution < -0.4 is 5.32 Å². The molecule has 2 atom stereocenters. The molecule has 4 rings (SSSR count). The van der Waals surface area contributed by atoms with Gasteiger partial charge in [0.15, 0.2) is 10.8 Å². The number of amides is 1. The molecule has 0 spiro atoms. The van der Waals surface area contributed by atoms with Crippen LogP contribution >= 0.6 is 23.7 Å². The summed E-state index contributed by atoms with van der Waals surface area (Å²) >= 11 is 1.39. The lowest BCUT2D eigenvalue weighted by molar-refractivity contribution is 0.0785. The van der Waals surface area contributed by atoms with Crippen molar-refractivity contribution in [3.05, 3.63) is 29.0 Å². The van der Waals surface area contributed by atoms with Crippen LogP contribution in [0, 0.1) is 18.8 Å². The Balaban J connectivity index is 0.00000156. The van der Waals surface area contributed by atoms with Crippen molar-refractivity contribution in [1.82, 2.24) is 25.2 Å². The SMILES string of the molecule is Cc1nc(-c2ncccn2)sc1C(=O)N1C[C@H]2CNC[C@H]2C1.Cl. The molecule has 2 aromatic rings. The van der Waals surface area contributed by atoms with Crippen molar-refractivity contribution in [3.63, 3.8) is 0 Å². The van der Waals surface area contributed by atoms with E-state index in [4.69, 9.17) is 0 Å². The molecular formula is C15H18ClN5OS. The van der Waals surface area contributed by atoms with Crippen molar-refractivity contribution in [2.45, 2.75) is 6.92 Å². The molecule has 0 unspecified atom stereocenters. The molecule has 8 heteroatoms. The number of aromatic nitrogens is 3. The first-order chi connectivity index (χ1) is 10.7. The summed E-state index contributed by atoms with van der Waals surface area (Å²) in [6.07, 6.45) is 3.38. The zero-order valence-electron chi connectivity index (χ0n) is 12.7. The van der Waals surface area contributed by atoms with Gasteiger partial charge in [-0.2, -0.15) is 0 Å². The molecule has 2 aliphatic heterocycles. The molecule has 122 valence electrons. The maximum atomic E-state index is 12.8. The summed E-state index contributed by atoms with van der Waals surface area (Å²) in [7, 11) is 0. The summed E-state index contributed by atoms with van der Waals surface area (Å²) in [6.45, 7) is 5.64. The van der Waals surface area contributed by atoms with E-state index in [1.165, 1.54) is 11.3 Å². The molecule has 2 aliphatic rings. The quantitative estimate of drug-likeness (QED) is 0.890. The van der Waals surface area contributed by atoms with Crippen LogP contribution in [0.5, 0.6) is 0 Å². The Labute approximate surface area is 144 Å². The van der Waals surface area contributed by atoms with Crippen molar-refractivity contribution in [2.75, 3.05) is 26.2 Å². The summed E-state index contributed by atoms with van der Waals surface area (Å²) in [5.41, 5.74) is 0.771. The second-order valence-corrected chi connectivity index (χ2v) is 6.89. The highest BCUT2D eigenvalue weighted by Gasteiger charge is 2.39. The van der Waals surface area contributed by atoms with Gasteiger partial charge in [0.1, 0.15) is 4.88 Å². The number of nitrogens with one attached hydrogen (secondary N) is 1. The van der Waals surface area contributed by atoms with Crippen LogP contribution in [0.15, 0.2) is 18.5 Å². The van der Waals surface area contributed by atoms with Gasteiger partial charge in [0.25, 0.3) is 5.91 Å². The van der Waals surface area contributed by atoms with Crippen molar-refractivity contribution >= 4 is 29.7 Å². The lowest BCUT2D eigenvalue weighted by Crippen LogP contribution is -2.31. The summed E-state index contributed by atoms with van der Waals surface area (Å²) in [5.74, 6) is 1.90. The Kier molecular flexibility index (Phi) is 4.61. The summed E-state index contributed by atoms with van der Waals surface area (Å²) in [6, 6.07) is 1.77. The van der Waals surface area contributed by atoms with E-state index in [0.29, 0.717) is 22.7 Å². The second-order valence-electron chi connectivity index (χ2n) is 5.89. The van der Waals surface area contributed by atoms with E-state index in [-0.39, 0.29) is 18.3 Å². The van der Waals surface area contributed by atoms with Crippen LogP contribution in [-0.4, -0.2) is 51.9 Å². The van der Waals surface area contributed by atoms with Gasteiger partial charge in [-0.05, 0) is 24.8 Å². The molecule has 0 bridgehead atoms. The predicted molar refractivity (Wildman–Crippen MR) is 90.9 cm³/mol. The molecular weight excluding hydrogens is 334 g/mol. The molecule has 2 fully saturated rings. The monoisotopic (exact) mass is 351 g/mol. The molecule has 23 heavy (non-hydrogen) atoms. The van der Waals surface area contributed by atoms with Gasteiger partial charge < -0.3 is 10.2 Å². The Bertz CT molecular complexity index is 695. The van der Waals surface area contributed by atoms with Gasteiger partial charge in [0.2, 0.25) is 0 Å². The van der Waals surface area contributed by atoms with Gasteiger partial charge in [-0.15, -0.1) is 23.7 Å². The Hall–Kier alpha value is -1.57. The molecule has 4 heterocycles. The van der Waals surface area contributed by atoms with Gasteiger partial charge in [0.05, 0.1) is 5.69 Å². The van der Waals surface area contributed by atoms with Crippen LogP contribution in [0.1, 0.15) is 15.4 Å². The van der Waals surface area contributed by atoms with Gasteiger partial charge in [0, 0.05) is 38.6 Å². The van der Waals surface area contributed by atoms with Gasteiger partial charge in [-0.25, -0.2) is 15.0 Å². The van der Waals surface area contributed by atoms with Crippen LogP contribution in [0.2, 0.25) is 0 Å². The van der Waals surface area contributed by atoms with Crippen LogP contribution in [0.25, 0.3) is 10.8 Å². The van der Waals surface area contributed by atoms with Gasteiger partial charge >= 0.3 is 0 Å². The van der Waals surface area contributed by atoms with E-state index >= 15 is 0 Å². The number of carbonyl (C=O) groups excluding carboxylic acids is 1. The molecule has 1 amide bonds. The van der Waals surface area contributed by atoms with E-state index in [9.17, 15) is 4.79 Å². The largest absolute Gasteiger partial charge is 0.337 e. The van der Waals surface area contributed by atoms with Crippen LogP contribution in [0.4, 0.5) is 0 Å². The zero-order valence-corrected chi connectivity index (χ0v) is 14.4. The minimum Gasteiger partial charge on any atom is -0.337 e. The lowest BCUT2D eigenvalue weighted by atomic mass is 10.0. The highest BCUT2D eigenvalue weighted by atomic mass is 35.5. The molecule has 1 N–H and O–H groups in total. The molecule has 2 saturated heterocycles. The highest BCUT2D eigenvalue weighted by Crippen LogP contribution is 2.31. The number of rotatable bonds is 2. The minimum absolute atomic E-state index is 0. The fourth-order valence-electron chi connectivity index (χ4n) is 3.26. The summed E-state index contributed by atoms with van der Waals surface area (Å²) in [4.78, 5) is 28.4. The summed E-state index contributed by atoms with van der Waals surface area (Å²) in [5, 5.41) is 4.11. The molecule has 6 nitrogen and oxygen atoms in total. The van der Waals surface area contributed by atoms with Crippen molar-refractivity contribution in [1.29, 1.82) is 0 Å². The number of hydrogen-bond donors (Lipinski definition) is 1.